The van der Waals surface area contributed by atoms with Crippen LogP contribution < -0.4 is 0 Å². The average Bonchev–Trinajstić information content (AvgIpc) is 2.74. The molecular formula is C27H54O4. The number of carbonyl (C=O) groups is 1. The minimum atomic E-state index is -0.677. The van der Waals surface area contributed by atoms with Gasteiger partial charge < -0.3 is 15.3 Å². The first kappa shape index (κ1) is 30.4. The summed E-state index contributed by atoms with van der Waals surface area (Å²) in [5.41, 5.74) is 0. The zero-order chi connectivity index (χ0) is 23.0. The predicted octanol–water partition coefficient (Wildman–Crippen LogP) is 7.79. The second-order valence-corrected chi connectivity index (χ2v) is 9.62. The summed E-state index contributed by atoms with van der Waals surface area (Å²) in [6.45, 7) is 2.24. The highest BCUT2D eigenvalue weighted by molar-refractivity contribution is 5.66. The van der Waals surface area contributed by atoms with Gasteiger partial charge in [0, 0.05) is 6.42 Å². The van der Waals surface area contributed by atoms with Gasteiger partial charge in [0.05, 0.1) is 12.2 Å². The summed E-state index contributed by atoms with van der Waals surface area (Å²) < 4.78 is 0. The number of carboxylic acid groups (broad SMARTS) is 1. The molecule has 2 unspecified atom stereocenters. The summed E-state index contributed by atoms with van der Waals surface area (Å²) in [7, 11) is 0. The molecule has 0 rings (SSSR count). The van der Waals surface area contributed by atoms with Gasteiger partial charge in [0.1, 0.15) is 0 Å². The van der Waals surface area contributed by atoms with Crippen LogP contribution in [0.15, 0.2) is 0 Å². The van der Waals surface area contributed by atoms with Gasteiger partial charge in [-0.25, -0.2) is 0 Å². The van der Waals surface area contributed by atoms with E-state index in [4.69, 9.17) is 5.11 Å². The van der Waals surface area contributed by atoms with E-state index in [0.29, 0.717) is 6.42 Å². The molecule has 4 heteroatoms. The van der Waals surface area contributed by atoms with Crippen molar-refractivity contribution in [2.24, 2.45) is 0 Å². The Morgan fingerprint density at radius 2 is 0.839 bits per heavy atom. The highest BCUT2D eigenvalue weighted by Crippen LogP contribution is 2.16. The Kier molecular flexibility index (Phi) is 23.6. The molecule has 186 valence electrons. The van der Waals surface area contributed by atoms with E-state index in [9.17, 15) is 15.0 Å². The summed E-state index contributed by atoms with van der Waals surface area (Å²) >= 11 is 0. The van der Waals surface area contributed by atoms with Crippen LogP contribution in [0.3, 0.4) is 0 Å². The Morgan fingerprint density at radius 3 is 1.19 bits per heavy atom. The predicted molar refractivity (Wildman–Crippen MR) is 132 cm³/mol. The first-order valence-corrected chi connectivity index (χ1v) is 13.6. The van der Waals surface area contributed by atoms with Crippen LogP contribution in [0.25, 0.3) is 0 Å². The minimum absolute atomic E-state index is 0.234. The molecule has 31 heavy (non-hydrogen) atoms. The first-order valence-electron chi connectivity index (χ1n) is 13.6. The maximum atomic E-state index is 10.4. The van der Waals surface area contributed by atoms with Gasteiger partial charge in [0.25, 0.3) is 0 Å². The maximum Gasteiger partial charge on any atom is 0.303 e. The summed E-state index contributed by atoms with van der Waals surface area (Å²) in [4.78, 5) is 10.4. The van der Waals surface area contributed by atoms with Crippen LogP contribution in [-0.2, 0) is 4.79 Å². The number of rotatable bonds is 25. The van der Waals surface area contributed by atoms with Crippen molar-refractivity contribution >= 4 is 5.97 Å². The van der Waals surface area contributed by atoms with Gasteiger partial charge in [-0.05, 0) is 32.1 Å². The zero-order valence-corrected chi connectivity index (χ0v) is 20.7. The van der Waals surface area contributed by atoms with Gasteiger partial charge >= 0.3 is 5.97 Å². The highest BCUT2D eigenvalue weighted by Gasteiger charge is 2.09. The molecule has 4 nitrogen and oxygen atoms in total. The smallest absolute Gasteiger partial charge is 0.303 e. The van der Waals surface area contributed by atoms with Crippen molar-refractivity contribution in [3.8, 4) is 0 Å². The second-order valence-electron chi connectivity index (χ2n) is 9.62. The van der Waals surface area contributed by atoms with E-state index in [1.165, 1.54) is 89.9 Å². The molecule has 0 saturated carbocycles. The number of aliphatic hydroxyl groups is 2. The Balaban J connectivity index is 3.28. The fraction of sp³-hybridized carbons (Fsp3) is 0.963. The van der Waals surface area contributed by atoms with E-state index in [2.05, 4.69) is 6.92 Å². The van der Waals surface area contributed by atoms with Crippen molar-refractivity contribution in [2.75, 3.05) is 0 Å². The third-order valence-electron chi connectivity index (χ3n) is 6.40. The second kappa shape index (κ2) is 24.0. The van der Waals surface area contributed by atoms with Crippen LogP contribution in [0.5, 0.6) is 0 Å². The van der Waals surface area contributed by atoms with Gasteiger partial charge in [-0.3, -0.25) is 4.79 Å². The lowest BCUT2D eigenvalue weighted by Crippen LogP contribution is -2.13. The van der Waals surface area contributed by atoms with Crippen molar-refractivity contribution in [1.29, 1.82) is 0 Å². The van der Waals surface area contributed by atoms with Crippen LogP contribution in [0, 0.1) is 0 Å². The maximum absolute atomic E-state index is 10.4. The van der Waals surface area contributed by atoms with Crippen molar-refractivity contribution in [3.05, 3.63) is 0 Å². The van der Waals surface area contributed by atoms with Gasteiger partial charge in [-0.2, -0.15) is 0 Å². The Hall–Kier alpha value is -0.610. The van der Waals surface area contributed by atoms with E-state index >= 15 is 0 Å². The quantitative estimate of drug-likeness (QED) is 0.126. The fourth-order valence-electron chi connectivity index (χ4n) is 4.26. The molecule has 0 saturated heterocycles. The molecule has 0 aliphatic heterocycles. The molecule has 0 amide bonds. The summed E-state index contributed by atoms with van der Waals surface area (Å²) in [6.07, 6.45) is 25.0. The molecular weight excluding hydrogens is 388 g/mol. The number of aliphatic carboxylic acids is 1. The van der Waals surface area contributed by atoms with Gasteiger partial charge in [0.2, 0.25) is 0 Å². The average molecular weight is 443 g/mol. The van der Waals surface area contributed by atoms with E-state index in [1.54, 1.807) is 0 Å². The first-order chi connectivity index (χ1) is 15.1. The van der Waals surface area contributed by atoms with Crippen molar-refractivity contribution < 1.29 is 20.1 Å². The summed E-state index contributed by atoms with van der Waals surface area (Å²) in [6, 6.07) is 0. The molecule has 0 radical (unpaired) electrons. The van der Waals surface area contributed by atoms with E-state index in [1.807, 2.05) is 0 Å². The normalized spacial score (nSPS) is 13.4. The van der Waals surface area contributed by atoms with Crippen LogP contribution >= 0.6 is 0 Å². The largest absolute Gasteiger partial charge is 0.481 e. The molecule has 0 aliphatic carbocycles. The van der Waals surface area contributed by atoms with Crippen molar-refractivity contribution in [2.45, 2.75) is 167 Å². The van der Waals surface area contributed by atoms with Gasteiger partial charge in [-0.15, -0.1) is 0 Å². The number of aliphatic hydroxyl groups excluding tert-OH is 2. The van der Waals surface area contributed by atoms with Gasteiger partial charge in [0.15, 0.2) is 0 Å². The number of hydrogen-bond acceptors (Lipinski definition) is 3. The molecule has 0 fully saturated rings. The minimum Gasteiger partial charge on any atom is -0.481 e. The van der Waals surface area contributed by atoms with Gasteiger partial charge in [-0.1, -0.05) is 116 Å². The summed E-state index contributed by atoms with van der Waals surface area (Å²) in [5.74, 6) is -0.677. The molecule has 0 aromatic heterocycles. The molecule has 2 atom stereocenters. The number of hydrogen-bond donors (Lipinski definition) is 3. The number of unbranched alkanes of at least 4 members (excludes halogenated alkanes) is 16. The molecule has 0 spiro atoms. The summed E-state index contributed by atoms with van der Waals surface area (Å²) in [5, 5.41) is 28.8. The zero-order valence-electron chi connectivity index (χ0n) is 20.7. The monoisotopic (exact) mass is 442 g/mol. The van der Waals surface area contributed by atoms with Crippen molar-refractivity contribution in [1.82, 2.24) is 0 Å². The number of carboxylic acids is 1. The molecule has 0 heterocycles. The highest BCUT2D eigenvalue weighted by atomic mass is 16.4. The van der Waals surface area contributed by atoms with Crippen LogP contribution in [0.2, 0.25) is 0 Å². The molecule has 0 aliphatic rings. The van der Waals surface area contributed by atoms with Crippen molar-refractivity contribution in [3.63, 3.8) is 0 Å². The van der Waals surface area contributed by atoms with E-state index < -0.39 is 5.97 Å². The third-order valence-corrected chi connectivity index (χ3v) is 6.40. The standard InChI is InChI=1S/C27H54O4/c1-2-3-4-5-11-14-17-20-25(28)23-24-26(29)21-18-15-12-9-7-6-8-10-13-16-19-22-27(30)31/h25-26,28-29H,2-24H2,1H3,(H,30,31). The molecule has 0 aromatic carbocycles. The Labute approximate surface area is 193 Å². The Bertz CT molecular complexity index is 372. The lowest BCUT2D eigenvalue weighted by molar-refractivity contribution is -0.137. The third kappa shape index (κ3) is 25.5. The Morgan fingerprint density at radius 1 is 0.516 bits per heavy atom. The lowest BCUT2D eigenvalue weighted by atomic mass is 10.00. The van der Waals surface area contributed by atoms with E-state index in [0.717, 1.165) is 51.4 Å². The van der Waals surface area contributed by atoms with Crippen LogP contribution in [0.1, 0.15) is 155 Å². The SMILES string of the molecule is CCCCCCCCCC(O)CCC(O)CCCCCCCCCCCCCC(=O)O. The lowest BCUT2D eigenvalue weighted by Gasteiger charge is -2.14. The fourth-order valence-corrected chi connectivity index (χ4v) is 4.26. The topological polar surface area (TPSA) is 77.8 Å². The van der Waals surface area contributed by atoms with Crippen LogP contribution in [0.4, 0.5) is 0 Å². The molecule has 0 bridgehead atoms. The van der Waals surface area contributed by atoms with E-state index in [-0.39, 0.29) is 12.2 Å². The van der Waals surface area contributed by atoms with Crippen LogP contribution in [-0.4, -0.2) is 33.5 Å². The molecule has 3 N–H and O–H groups in total. The molecule has 0 aromatic rings.